The van der Waals surface area contributed by atoms with Crippen LogP contribution in [0, 0.1) is 11.8 Å². The largest absolute Gasteiger partial charge is 1.00 e. The Bertz CT molecular complexity index is 77.6. The van der Waals surface area contributed by atoms with Crippen LogP contribution in [0.5, 0.6) is 0 Å². The Balaban J connectivity index is 0. The summed E-state index contributed by atoms with van der Waals surface area (Å²) in [5.41, 5.74) is 0. The molecule has 0 radical (unpaired) electrons. The first-order valence-corrected chi connectivity index (χ1v) is 4.30. The molecule has 0 spiro atoms. The van der Waals surface area contributed by atoms with Crippen LogP contribution in [0.2, 0.25) is 0 Å². The van der Waals surface area contributed by atoms with E-state index in [1.165, 1.54) is 32.1 Å². The molecule has 1 fully saturated rings. The summed E-state index contributed by atoms with van der Waals surface area (Å²) in [4.78, 5) is 0. The summed E-state index contributed by atoms with van der Waals surface area (Å²) in [5, 5.41) is 0. The minimum absolute atomic E-state index is 0. The first kappa shape index (κ1) is 10.6. The maximum absolute atomic E-state index is 2.36. The molecule has 0 aromatic rings. The van der Waals surface area contributed by atoms with Gasteiger partial charge >= 0.3 is 18.9 Å². The summed E-state index contributed by atoms with van der Waals surface area (Å²) in [6, 6.07) is 0. The van der Waals surface area contributed by atoms with E-state index in [0.29, 0.717) is 0 Å². The molecule has 0 saturated heterocycles. The zero-order valence-corrected chi connectivity index (χ0v) is 7.69. The van der Waals surface area contributed by atoms with Crippen molar-refractivity contribution in [1.29, 1.82) is 0 Å². The standard InChI is InChI=1S/C9H18.Li.H/c1-8(2)9-6-4-3-5-7-9;;/h8-9H,3-7H2,1-2H3;;/q;+1;-1. The van der Waals surface area contributed by atoms with Crippen molar-refractivity contribution in [2.75, 3.05) is 0 Å². The minimum Gasteiger partial charge on any atom is -1.00 e. The van der Waals surface area contributed by atoms with Gasteiger partial charge in [0.05, 0.1) is 0 Å². The van der Waals surface area contributed by atoms with Gasteiger partial charge in [0.15, 0.2) is 0 Å². The Labute approximate surface area is 78.4 Å². The molecule has 0 nitrogen and oxygen atoms in total. The molecule has 1 aliphatic rings. The molecule has 1 aliphatic carbocycles. The van der Waals surface area contributed by atoms with E-state index >= 15 is 0 Å². The fourth-order valence-electron chi connectivity index (χ4n) is 1.80. The Morgan fingerprint density at radius 3 is 1.90 bits per heavy atom. The number of hydrogen-bond donors (Lipinski definition) is 0. The van der Waals surface area contributed by atoms with Gasteiger partial charge in [-0.25, -0.2) is 0 Å². The van der Waals surface area contributed by atoms with E-state index in [2.05, 4.69) is 13.8 Å². The molecule has 0 aliphatic heterocycles. The van der Waals surface area contributed by atoms with Gasteiger partial charge in [-0.3, -0.25) is 0 Å². The molecule has 10 heavy (non-hydrogen) atoms. The van der Waals surface area contributed by atoms with Gasteiger partial charge in [0, 0.05) is 0 Å². The zero-order chi connectivity index (χ0) is 6.69. The summed E-state index contributed by atoms with van der Waals surface area (Å²) in [5.74, 6) is 1.99. The molecule has 0 bridgehead atoms. The van der Waals surface area contributed by atoms with Crippen LogP contribution in [-0.4, -0.2) is 0 Å². The van der Waals surface area contributed by atoms with Gasteiger partial charge in [-0.05, 0) is 11.8 Å². The van der Waals surface area contributed by atoms with Gasteiger partial charge in [-0.1, -0.05) is 46.0 Å². The molecular formula is C9H19Li. The molecule has 0 aromatic heterocycles. The fraction of sp³-hybridized carbons (Fsp3) is 1.00. The number of hydrogen-bond acceptors (Lipinski definition) is 0. The average Bonchev–Trinajstić information content (AvgIpc) is 1.90. The smallest absolute Gasteiger partial charge is 1.00 e. The second-order valence-electron chi connectivity index (χ2n) is 3.64. The molecule has 0 N–H and O–H groups in total. The number of rotatable bonds is 1. The molecule has 56 valence electrons. The van der Waals surface area contributed by atoms with Crippen LogP contribution in [0.25, 0.3) is 0 Å². The van der Waals surface area contributed by atoms with E-state index in [4.69, 9.17) is 0 Å². The molecule has 1 heteroatoms. The van der Waals surface area contributed by atoms with E-state index in [0.717, 1.165) is 11.8 Å². The Hall–Kier alpha value is 0.597. The second-order valence-corrected chi connectivity index (χ2v) is 3.64. The van der Waals surface area contributed by atoms with Gasteiger partial charge in [0.25, 0.3) is 0 Å². The van der Waals surface area contributed by atoms with E-state index in [9.17, 15) is 0 Å². The maximum atomic E-state index is 2.36. The van der Waals surface area contributed by atoms with Crippen LogP contribution >= 0.6 is 0 Å². The van der Waals surface area contributed by atoms with E-state index in [-0.39, 0.29) is 20.3 Å². The molecule has 0 unspecified atom stereocenters. The topological polar surface area (TPSA) is 0 Å². The molecule has 1 rings (SSSR count). The summed E-state index contributed by atoms with van der Waals surface area (Å²) in [6.07, 6.45) is 7.46. The summed E-state index contributed by atoms with van der Waals surface area (Å²) < 4.78 is 0. The van der Waals surface area contributed by atoms with E-state index in [1.807, 2.05) is 0 Å². The molecule has 0 atom stereocenters. The third kappa shape index (κ3) is 3.13. The maximum Gasteiger partial charge on any atom is 1.00 e. The van der Waals surface area contributed by atoms with Gasteiger partial charge in [0.1, 0.15) is 0 Å². The van der Waals surface area contributed by atoms with Crippen molar-refractivity contribution in [1.82, 2.24) is 0 Å². The fourth-order valence-corrected chi connectivity index (χ4v) is 1.80. The second kappa shape index (κ2) is 5.27. The van der Waals surface area contributed by atoms with Crippen LogP contribution < -0.4 is 18.9 Å². The molecular weight excluding hydrogens is 115 g/mol. The SMILES string of the molecule is CC(C)C1CCCCC1.[H-].[Li+]. The summed E-state index contributed by atoms with van der Waals surface area (Å²) >= 11 is 0. The van der Waals surface area contributed by atoms with Crippen molar-refractivity contribution in [2.24, 2.45) is 11.8 Å². The van der Waals surface area contributed by atoms with Crippen LogP contribution in [-0.2, 0) is 0 Å². The Morgan fingerprint density at radius 1 is 1.10 bits per heavy atom. The van der Waals surface area contributed by atoms with Crippen molar-refractivity contribution in [2.45, 2.75) is 46.0 Å². The van der Waals surface area contributed by atoms with Crippen molar-refractivity contribution < 1.29 is 20.3 Å². The van der Waals surface area contributed by atoms with Crippen molar-refractivity contribution in [3.8, 4) is 0 Å². The van der Waals surface area contributed by atoms with E-state index < -0.39 is 0 Å². The quantitative estimate of drug-likeness (QED) is 0.454. The van der Waals surface area contributed by atoms with Crippen molar-refractivity contribution >= 4 is 0 Å². The van der Waals surface area contributed by atoms with Crippen LogP contribution in [0.15, 0.2) is 0 Å². The van der Waals surface area contributed by atoms with Gasteiger partial charge in [-0.15, -0.1) is 0 Å². The predicted molar refractivity (Wildman–Crippen MR) is 42.5 cm³/mol. The van der Waals surface area contributed by atoms with Gasteiger partial charge in [0.2, 0.25) is 0 Å². The van der Waals surface area contributed by atoms with Crippen LogP contribution in [0.1, 0.15) is 47.4 Å². The third-order valence-electron chi connectivity index (χ3n) is 2.59. The minimum atomic E-state index is 0. The zero-order valence-electron chi connectivity index (χ0n) is 8.69. The first-order valence-electron chi connectivity index (χ1n) is 4.30. The van der Waals surface area contributed by atoms with Crippen molar-refractivity contribution in [3.63, 3.8) is 0 Å². The van der Waals surface area contributed by atoms with Gasteiger partial charge < -0.3 is 1.43 Å². The average molecular weight is 134 g/mol. The Morgan fingerprint density at radius 2 is 1.60 bits per heavy atom. The van der Waals surface area contributed by atoms with Gasteiger partial charge in [-0.2, -0.15) is 0 Å². The molecule has 0 amide bonds. The molecule has 0 aromatic carbocycles. The molecule has 0 heterocycles. The first-order chi connectivity index (χ1) is 4.30. The van der Waals surface area contributed by atoms with E-state index in [1.54, 1.807) is 0 Å². The predicted octanol–water partition coefficient (Wildman–Crippen LogP) is 0.339. The summed E-state index contributed by atoms with van der Waals surface area (Å²) in [6.45, 7) is 4.71. The normalized spacial score (nSPS) is 20.7. The molecule has 1 saturated carbocycles. The van der Waals surface area contributed by atoms with Crippen molar-refractivity contribution in [3.05, 3.63) is 0 Å². The Kier molecular flexibility index (Phi) is 5.59. The van der Waals surface area contributed by atoms with Crippen LogP contribution in [0.4, 0.5) is 0 Å². The third-order valence-corrected chi connectivity index (χ3v) is 2.59. The monoisotopic (exact) mass is 134 g/mol. The summed E-state index contributed by atoms with van der Waals surface area (Å²) in [7, 11) is 0. The van der Waals surface area contributed by atoms with Crippen LogP contribution in [0.3, 0.4) is 0 Å².